The lowest BCUT2D eigenvalue weighted by molar-refractivity contribution is -0.122. The van der Waals surface area contributed by atoms with Gasteiger partial charge in [0.25, 0.3) is 0 Å². The van der Waals surface area contributed by atoms with Gasteiger partial charge in [-0.1, -0.05) is 0 Å². The number of rotatable bonds is 8. The Morgan fingerprint density at radius 3 is 3.11 bits per heavy atom. The van der Waals surface area contributed by atoms with Crippen LogP contribution < -0.4 is 11.1 Å². The van der Waals surface area contributed by atoms with Crippen molar-refractivity contribution in [3.8, 4) is 0 Å². The van der Waals surface area contributed by atoms with E-state index in [2.05, 4.69) is 10.2 Å². The minimum atomic E-state index is 0.125. The zero-order chi connectivity index (χ0) is 13.2. The van der Waals surface area contributed by atoms with E-state index in [1.807, 2.05) is 0 Å². The molecule has 1 aliphatic heterocycles. The summed E-state index contributed by atoms with van der Waals surface area (Å²) in [5.74, 6) is 0.796. The molecule has 18 heavy (non-hydrogen) atoms. The van der Waals surface area contributed by atoms with Crippen molar-refractivity contribution in [3.05, 3.63) is 0 Å². The van der Waals surface area contributed by atoms with E-state index < -0.39 is 0 Å². The van der Waals surface area contributed by atoms with E-state index in [9.17, 15) is 4.79 Å². The van der Waals surface area contributed by atoms with Crippen molar-refractivity contribution in [2.24, 2.45) is 11.7 Å². The van der Waals surface area contributed by atoms with Crippen molar-refractivity contribution < 1.29 is 9.53 Å². The first-order chi connectivity index (χ1) is 8.76. The Morgan fingerprint density at radius 2 is 2.39 bits per heavy atom. The lowest BCUT2D eigenvalue weighted by Crippen LogP contribution is -2.43. The summed E-state index contributed by atoms with van der Waals surface area (Å²) in [6, 6.07) is 0. The number of nitrogens with one attached hydrogen (secondary N) is 1. The second kappa shape index (κ2) is 9.30. The third-order valence-corrected chi connectivity index (χ3v) is 3.39. The molecule has 0 radical (unpaired) electrons. The number of piperidine rings is 1. The van der Waals surface area contributed by atoms with E-state index in [4.69, 9.17) is 10.5 Å². The summed E-state index contributed by atoms with van der Waals surface area (Å²) >= 11 is 0. The molecule has 1 heterocycles. The van der Waals surface area contributed by atoms with Gasteiger partial charge < -0.3 is 15.8 Å². The van der Waals surface area contributed by atoms with E-state index in [1.54, 1.807) is 7.11 Å². The largest absolute Gasteiger partial charge is 0.385 e. The van der Waals surface area contributed by atoms with Crippen LogP contribution in [0.2, 0.25) is 0 Å². The van der Waals surface area contributed by atoms with Crippen LogP contribution in [0.15, 0.2) is 0 Å². The molecular formula is C13H27N3O2. The summed E-state index contributed by atoms with van der Waals surface area (Å²) < 4.78 is 4.94. The number of carbonyl (C=O) groups excluding carboxylic acids is 1. The second-order valence-electron chi connectivity index (χ2n) is 5.02. The molecule has 0 aromatic heterocycles. The number of amides is 1. The molecule has 1 amide bonds. The van der Waals surface area contributed by atoms with Gasteiger partial charge in [-0.05, 0) is 44.7 Å². The molecule has 1 fully saturated rings. The van der Waals surface area contributed by atoms with Crippen LogP contribution in [0.4, 0.5) is 0 Å². The Morgan fingerprint density at radius 1 is 1.56 bits per heavy atom. The molecule has 1 unspecified atom stereocenters. The maximum absolute atomic E-state index is 11.7. The van der Waals surface area contributed by atoms with Crippen LogP contribution in [-0.4, -0.2) is 57.2 Å². The zero-order valence-corrected chi connectivity index (χ0v) is 11.5. The van der Waals surface area contributed by atoms with Crippen LogP contribution in [0.5, 0.6) is 0 Å². The van der Waals surface area contributed by atoms with Crippen molar-refractivity contribution in [2.45, 2.75) is 25.7 Å². The molecule has 0 saturated carbocycles. The Balaban J connectivity index is 2.14. The highest BCUT2D eigenvalue weighted by molar-refractivity contribution is 5.77. The van der Waals surface area contributed by atoms with Gasteiger partial charge in [0.1, 0.15) is 0 Å². The van der Waals surface area contributed by atoms with E-state index in [0.29, 0.717) is 25.6 Å². The highest BCUT2D eigenvalue weighted by Crippen LogP contribution is 2.18. The van der Waals surface area contributed by atoms with Crippen molar-refractivity contribution in [2.75, 3.05) is 46.4 Å². The Kier molecular flexibility index (Phi) is 7.96. The van der Waals surface area contributed by atoms with E-state index in [1.165, 1.54) is 12.8 Å². The van der Waals surface area contributed by atoms with Gasteiger partial charge in [-0.15, -0.1) is 0 Å². The summed E-state index contributed by atoms with van der Waals surface area (Å²) in [6.45, 7) is 4.72. The Bertz CT molecular complexity index is 234. The average Bonchev–Trinajstić information content (AvgIpc) is 2.35. The fourth-order valence-electron chi connectivity index (χ4n) is 2.47. The van der Waals surface area contributed by atoms with Gasteiger partial charge >= 0.3 is 0 Å². The monoisotopic (exact) mass is 257 g/mol. The minimum Gasteiger partial charge on any atom is -0.385 e. The number of hydrogen-bond donors (Lipinski definition) is 2. The molecule has 1 atom stereocenters. The molecule has 5 heteroatoms. The number of ether oxygens (including phenoxy) is 1. The van der Waals surface area contributed by atoms with Gasteiger partial charge in [-0.2, -0.15) is 0 Å². The van der Waals surface area contributed by atoms with E-state index >= 15 is 0 Å². The third kappa shape index (κ3) is 6.33. The molecule has 0 spiro atoms. The van der Waals surface area contributed by atoms with Crippen LogP contribution >= 0.6 is 0 Å². The first-order valence-corrected chi connectivity index (χ1v) is 6.94. The zero-order valence-electron chi connectivity index (χ0n) is 11.5. The summed E-state index contributed by atoms with van der Waals surface area (Å²) in [6.07, 6.45) is 4.38. The third-order valence-electron chi connectivity index (χ3n) is 3.39. The van der Waals surface area contributed by atoms with Crippen LogP contribution in [0, 0.1) is 5.92 Å². The maximum atomic E-state index is 11.7. The molecular weight excluding hydrogens is 230 g/mol. The number of nitrogens with two attached hydrogens (primary N) is 1. The van der Waals surface area contributed by atoms with Gasteiger partial charge in [-0.3, -0.25) is 9.69 Å². The number of nitrogens with zero attached hydrogens (tertiary/aromatic N) is 1. The van der Waals surface area contributed by atoms with Crippen LogP contribution in [0.1, 0.15) is 25.7 Å². The molecule has 0 aromatic carbocycles. The Hall–Kier alpha value is -0.650. The molecule has 0 aliphatic carbocycles. The van der Waals surface area contributed by atoms with Crippen LogP contribution in [-0.2, 0) is 9.53 Å². The number of methoxy groups -OCH3 is 1. The fourth-order valence-corrected chi connectivity index (χ4v) is 2.47. The number of hydrogen-bond acceptors (Lipinski definition) is 4. The van der Waals surface area contributed by atoms with Gasteiger partial charge in [0, 0.05) is 26.8 Å². The van der Waals surface area contributed by atoms with Crippen molar-refractivity contribution in [3.63, 3.8) is 0 Å². The smallest absolute Gasteiger partial charge is 0.234 e. The lowest BCUT2D eigenvalue weighted by atomic mass is 9.95. The first-order valence-electron chi connectivity index (χ1n) is 6.94. The number of carbonyl (C=O) groups is 1. The van der Waals surface area contributed by atoms with E-state index in [-0.39, 0.29) is 5.91 Å². The SMILES string of the molecule is COCCCNC(=O)CN1CCCC(CCN)C1. The maximum Gasteiger partial charge on any atom is 0.234 e. The lowest BCUT2D eigenvalue weighted by Gasteiger charge is -2.32. The van der Waals surface area contributed by atoms with Crippen LogP contribution in [0.25, 0.3) is 0 Å². The quantitative estimate of drug-likeness (QED) is 0.610. The van der Waals surface area contributed by atoms with Crippen LogP contribution in [0.3, 0.4) is 0 Å². The molecule has 1 rings (SSSR count). The van der Waals surface area contributed by atoms with Crippen molar-refractivity contribution in [1.82, 2.24) is 10.2 Å². The summed E-state index contributed by atoms with van der Waals surface area (Å²) in [7, 11) is 1.67. The fraction of sp³-hybridized carbons (Fsp3) is 0.923. The van der Waals surface area contributed by atoms with E-state index in [0.717, 1.165) is 32.5 Å². The Labute approximate surface area is 110 Å². The van der Waals surface area contributed by atoms with Crippen molar-refractivity contribution >= 4 is 5.91 Å². The summed E-state index contributed by atoms with van der Waals surface area (Å²) in [5.41, 5.74) is 5.59. The molecule has 106 valence electrons. The standard InChI is InChI=1S/C13H27N3O2/c1-18-9-3-7-15-13(17)11-16-8-2-4-12(10-16)5-6-14/h12H,2-11,14H2,1H3,(H,15,17). The van der Waals surface area contributed by atoms with Gasteiger partial charge in [-0.25, -0.2) is 0 Å². The van der Waals surface area contributed by atoms with Gasteiger partial charge in [0.05, 0.1) is 6.54 Å². The second-order valence-corrected chi connectivity index (χ2v) is 5.02. The summed E-state index contributed by atoms with van der Waals surface area (Å²) in [5, 5.41) is 2.93. The highest BCUT2D eigenvalue weighted by Gasteiger charge is 2.20. The average molecular weight is 257 g/mol. The molecule has 3 N–H and O–H groups in total. The molecule has 0 bridgehead atoms. The topological polar surface area (TPSA) is 67.6 Å². The normalized spacial score (nSPS) is 20.9. The molecule has 1 saturated heterocycles. The molecule has 5 nitrogen and oxygen atoms in total. The predicted octanol–water partition coefficient (Wildman–Crippen LogP) is 0.200. The molecule has 0 aromatic rings. The van der Waals surface area contributed by atoms with Gasteiger partial charge in [0.2, 0.25) is 5.91 Å². The number of likely N-dealkylation sites (tertiary alicyclic amines) is 1. The highest BCUT2D eigenvalue weighted by atomic mass is 16.5. The molecule has 1 aliphatic rings. The minimum absolute atomic E-state index is 0.125. The summed E-state index contributed by atoms with van der Waals surface area (Å²) in [4.78, 5) is 14.0. The predicted molar refractivity (Wildman–Crippen MR) is 72.3 cm³/mol. The van der Waals surface area contributed by atoms with Gasteiger partial charge in [0.15, 0.2) is 0 Å². The van der Waals surface area contributed by atoms with Crippen molar-refractivity contribution in [1.29, 1.82) is 0 Å². The first kappa shape index (κ1) is 15.4.